The van der Waals surface area contributed by atoms with Gasteiger partial charge in [0.15, 0.2) is 0 Å². The standard InChI is InChI=1S/C16H10N2O2/c19-15-5-4-11(10-16(15)20)12-6-8-18-14(9-12)13-3-1-2-7-17-13/h1-10H. The molecule has 0 aliphatic heterocycles. The first kappa shape index (κ1) is 12.2. The van der Waals surface area contributed by atoms with E-state index in [1.165, 1.54) is 12.2 Å². The molecule has 20 heavy (non-hydrogen) atoms. The number of rotatable bonds is 2. The van der Waals surface area contributed by atoms with Gasteiger partial charge in [-0.25, -0.2) is 0 Å². The molecular weight excluding hydrogens is 252 g/mol. The number of hydrogen-bond acceptors (Lipinski definition) is 4. The van der Waals surface area contributed by atoms with Gasteiger partial charge >= 0.3 is 0 Å². The van der Waals surface area contributed by atoms with Crippen molar-refractivity contribution in [1.29, 1.82) is 0 Å². The largest absolute Gasteiger partial charge is 0.286 e. The van der Waals surface area contributed by atoms with E-state index in [4.69, 9.17) is 0 Å². The molecule has 0 atom stereocenters. The van der Waals surface area contributed by atoms with Crippen LogP contribution in [0.25, 0.3) is 17.0 Å². The molecule has 96 valence electrons. The van der Waals surface area contributed by atoms with Gasteiger partial charge in [-0.2, -0.15) is 0 Å². The highest BCUT2D eigenvalue weighted by Gasteiger charge is 2.14. The van der Waals surface area contributed by atoms with Crippen LogP contribution in [0.5, 0.6) is 0 Å². The summed E-state index contributed by atoms with van der Waals surface area (Å²) in [5.74, 6) is -0.994. The molecule has 4 heteroatoms. The number of ketones is 2. The molecule has 2 aromatic rings. The summed E-state index contributed by atoms with van der Waals surface area (Å²) in [6, 6.07) is 9.24. The molecule has 0 bridgehead atoms. The maximum atomic E-state index is 11.4. The third-order valence-corrected chi connectivity index (χ3v) is 2.96. The van der Waals surface area contributed by atoms with Crippen LogP contribution in [0.4, 0.5) is 0 Å². The van der Waals surface area contributed by atoms with Gasteiger partial charge in [0.2, 0.25) is 11.6 Å². The van der Waals surface area contributed by atoms with Crippen LogP contribution < -0.4 is 0 Å². The summed E-state index contributed by atoms with van der Waals surface area (Å²) in [5.41, 5.74) is 3.02. The van der Waals surface area contributed by atoms with Crippen molar-refractivity contribution in [2.75, 3.05) is 0 Å². The molecular formula is C16H10N2O2. The van der Waals surface area contributed by atoms with Gasteiger partial charge in [-0.3, -0.25) is 19.6 Å². The highest BCUT2D eigenvalue weighted by molar-refractivity contribution is 6.48. The molecule has 0 aromatic carbocycles. The highest BCUT2D eigenvalue weighted by atomic mass is 16.2. The van der Waals surface area contributed by atoms with Gasteiger partial charge in [-0.1, -0.05) is 12.1 Å². The lowest BCUT2D eigenvalue weighted by Gasteiger charge is -2.07. The fraction of sp³-hybridized carbons (Fsp3) is 0. The predicted molar refractivity (Wildman–Crippen MR) is 74.6 cm³/mol. The maximum absolute atomic E-state index is 11.4. The van der Waals surface area contributed by atoms with Gasteiger partial charge in [0, 0.05) is 12.4 Å². The SMILES string of the molecule is O=C1C=CC(c2ccnc(-c3ccccn3)c2)=CC1=O. The van der Waals surface area contributed by atoms with Crippen molar-refractivity contribution >= 4 is 17.1 Å². The topological polar surface area (TPSA) is 59.9 Å². The Labute approximate surface area is 115 Å². The van der Waals surface area contributed by atoms with Crippen LogP contribution in [0, 0.1) is 0 Å². The molecule has 4 nitrogen and oxygen atoms in total. The number of hydrogen-bond donors (Lipinski definition) is 0. The molecule has 2 heterocycles. The summed E-state index contributed by atoms with van der Waals surface area (Å²) >= 11 is 0. The Morgan fingerprint density at radius 2 is 1.65 bits per heavy atom. The lowest BCUT2D eigenvalue weighted by Crippen LogP contribution is -2.11. The molecule has 0 unspecified atom stereocenters. The van der Waals surface area contributed by atoms with Gasteiger partial charge < -0.3 is 0 Å². The molecule has 0 saturated heterocycles. The van der Waals surface area contributed by atoms with Gasteiger partial charge in [0.25, 0.3) is 0 Å². The Morgan fingerprint density at radius 3 is 2.40 bits per heavy atom. The Morgan fingerprint density at radius 1 is 0.800 bits per heavy atom. The number of allylic oxidation sites excluding steroid dienone is 4. The number of pyridine rings is 2. The van der Waals surface area contributed by atoms with E-state index in [0.717, 1.165) is 17.0 Å². The smallest absolute Gasteiger partial charge is 0.226 e. The fourth-order valence-corrected chi connectivity index (χ4v) is 1.95. The summed E-state index contributed by atoms with van der Waals surface area (Å²) in [4.78, 5) is 31.1. The minimum atomic E-state index is -0.501. The fourth-order valence-electron chi connectivity index (χ4n) is 1.95. The molecule has 0 fully saturated rings. The normalized spacial score (nSPS) is 14.3. The average Bonchev–Trinajstić information content (AvgIpc) is 2.51. The zero-order valence-electron chi connectivity index (χ0n) is 10.5. The number of aromatic nitrogens is 2. The van der Waals surface area contributed by atoms with Crippen molar-refractivity contribution in [3.05, 3.63) is 66.5 Å². The molecule has 2 aromatic heterocycles. The second-order valence-electron chi connectivity index (χ2n) is 4.31. The van der Waals surface area contributed by atoms with Crippen molar-refractivity contribution in [1.82, 2.24) is 9.97 Å². The van der Waals surface area contributed by atoms with Crippen molar-refractivity contribution in [3.8, 4) is 11.4 Å². The minimum Gasteiger partial charge on any atom is -0.286 e. The number of carbonyl (C=O) groups excluding carboxylic acids is 2. The third kappa shape index (κ3) is 2.31. The molecule has 0 radical (unpaired) electrons. The van der Waals surface area contributed by atoms with Crippen LogP contribution in [0.2, 0.25) is 0 Å². The van der Waals surface area contributed by atoms with Crippen molar-refractivity contribution < 1.29 is 9.59 Å². The number of carbonyl (C=O) groups is 2. The van der Waals surface area contributed by atoms with E-state index in [1.807, 2.05) is 24.3 Å². The quantitative estimate of drug-likeness (QED) is 0.615. The van der Waals surface area contributed by atoms with E-state index < -0.39 is 11.6 Å². The van der Waals surface area contributed by atoms with Crippen molar-refractivity contribution in [2.45, 2.75) is 0 Å². The molecule has 1 aliphatic carbocycles. The van der Waals surface area contributed by atoms with Crippen LogP contribution in [0.1, 0.15) is 5.56 Å². The molecule has 0 saturated carbocycles. The summed E-state index contributed by atoms with van der Waals surface area (Å²) in [7, 11) is 0. The van der Waals surface area contributed by atoms with E-state index in [9.17, 15) is 9.59 Å². The van der Waals surface area contributed by atoms with Crippen LogP contribution in [-0.4, -0.2) is 21.5 Å². The van der Waals surface area contributed by atoms with Crippen molar-refractivity contribution in [2.24, 2.45) is 0 Å². The second kappa shape index (κ2) is 5.01. The summed E-state index contributed by atoms with van der Waals surface area (Å²) in [5, 5.41) is 0. The zero-order chi connectivity index (χ0) is 13.9. The maximum Gasteiger partial charge on any atom is 0.226 e. The predicted octanol–water partition coefficient (Wildman–Crippen LogP) is 2.23. The third-order valence-electron chi connectivity index (χ3n) is 2.96. The van der Waals surface area contributed by atoms with Crippen LogP contribution in [0.3, 0.4) is 0 Å². The van der Waals surface area contributed by atoms with E-state index in [1.54, 1.807) is 24.5 Å². The van der Waals surface area contributed by atoms with Crippen molar-refractivity contribution in [3.63, 3.8) is 0 Å². The minimum absolute atomic E-state index is 0.493. The Kier molecular flexibility index (Phi) is 3.05. The van der Waals surface area contributed by atoms with E-state index >= 15 is 0 Å². The lowest BCUT2D eigenvalue weighted by molar-refractivity contribution is -0.131. The summed E-state index contributed by atoms with van der Waals surface area (Å²) in [6.07, 6.45) is 7.64. The first-order valence-electron chi connectivity index (χ1n) is 6.10. The van der Waals surface area contributed by atoms with E-state index in [-0.39, 0.29) is 0 Å². The molecule has 3 rings (SSSR count). The van der Waals surface area contributed by atoms with Crippen LogP contribution in [0.15, 0.2) is 61.0 Å². The van der Waals surface area contributed by atoms with Crippen LogP contribution in [-0.2, 0) is 9.59 Å². The van der Waals surface area contributed by atoms with Gasteiger partial charge in [0.05, 0.1) is 11.4 Å². The molecule has 0 amide bonds. The second-order valence-corrected chi connectivity index (χ2v) is 4.31. The monoisotopic (exact) mass is 262 g/mol. The average molecular weight is 262 g/mol. The Bertz CT molecular complexity index is 746. The lowest BCUT2D eigenvalue weighted by atomic mass is 9.98. The zero-order valence-corrected chi connectivity index (χ0v) is 10.5. The van der Waals surface area contributed by atoms with E-state index in [0.29, 0.717) is 5.57 Å². The molecule has 0 N–H and O–H groups in total. The van der Waals surface area contributed by atoms with Gasteiger partial charge in [-0.05, 0) is 47.6 Å². The van der Waals surface area contributed by atoms with Crippen LogP contribution >= 0.6 is 0 Å². The summed E-state index contributed by atoms with van der Waals surface area (Å²) in [6.45, 7) is 0. The van der Waals surface area contributed by atoms with E-state index in [2.05, 4.69) is 9.97 Å². The van der Waals surface area contributed by atoms with Gasteiger partial charge in [-0.15, -0.1) is 0 Å². The first-order valence-corrected chi connectivity index (χ1v) is 6.10. The molecule has 0 spiro atoms. The first-order chi connectivity index (χ1) is 9.74. The van der Waals surface area contributed by atoms with Gasteiger partial charge in [0.1, 0.15) is 0 Å². The highest BCUT2D eigenvalue weighted by Crippen LogP contribution is 2.22. The Balaban J connectivity index is 2.01. The Hall–Kier alpha value is -2.88. The molecule has 1 aliphatic rings. The number of nitrogens with zero attached hydrogens (tertiary/aromatic N) is 2. The summed E-state index contributed by atoms with van der Waals surface area (Å²) < 4.78 is 0.